The van der Waals surface area contributed by atoms with Crippen LogP contribution in [-0.2, 0) is 4.79 Å². The molecule has 1 unspecified atom stereocenters. The van der Waals surface area contributed by atoms with Crippen molar-refractivity contribution in [2.45, 2.75) is 77.6 Å². The Bertz CT molecular complexity index is 708. The van der Waals surface area contributed by atoms with Gasteiger partial charge in [0.05, 0.1) is 12.5 Å². The molecule has 0 fully saturated rings. The van der Waals surface area contributed by atoms with Crippen LogP contribution in [0.2, 0.25) is 0 Å². The molecule has 148 valence electrons. The fourth-order valence-electron chi connectivity index (χ4n) is 3.57. The standard InChI is InChI=1S/C24H34O3/c1-3-4-5-6-7-8-9-10-13-18-27-22-17-16-20-14-11-12-15-21(20)23(22)19(2)24(25)26/h11-12,14-17,19H,3-10,13,18H2,1-2H3,(H,25,26). The number of carboxylic acid groups (broad SMARTS) is 1. The molecule has 2 rings (SSSR count). The molecule has 0 bridgehead atoms. The maximum atomic E-state index is 11.6. The molecule has 0 aliphatic heterocycles. The summed E-state index contributed by atoms with van der Waals surface area (Å²) in [6.45, 7) is 4.63. The normalized spacial score (nSPS) is 12.2. The Kier molecular flexibility index (Phi) is 9.17. The monoisotopic (exact) mass is 370 g/mol. The highest BCUT2D eigenvalue weighted by molar-refractivity contribution is 5.92. The minimum absolute atomic E-state index is 0.589. The second kappa shape index (κ2) is 11.6. The topological polar surface area (TPSA) is 46.5 Å². The van der Waals surface area contributed by atoms with Crippen molar-refractivity contribution < 1.29 is 14.6 Å². The first-order chi connectivity index (χ1) is 13.1. The number of fused-ring (bicyclic) bond motifs is 1. The third-order valence-corrected chi connectivity index (χ3v) is 5.24. The van der Waals surface area contributed by atoms with E-state index in [2.05, 4.69) is 6.92 Å². The van der Waals surface area contributed by atoms with Crippen molar-refractivity contribution in [3.05, 3.63) is 42.0 Å². The van der Waals surface area contributed by atoms with Crippen LogP contribution in [0.4, 0.5) is 0 Å². The van der Waals surface area contributed by atoms with Gasteiger partial charge in [0.2, 0.25) is 0 Å². The largest absolute Gasteiger partial charge is 0.493 e. The maximum absolute atomic E-state index is 11.6. The molecule has 3 nitrogen and oxygen atoms in total. The second-order valence-corrected chi connectivity index (χ2v) is 7.44. The summed E-state index contributed by atoms with van der Waals surface area (Å²) in [6, 6.07) is 11.8. The molecule has 0 aliphatic rings. The highest BCUT2D eigenvalue weighted by Crippen LogP contribution is 2.34. The van der Waals surface area contributed by atoms with E-state index in [1.165, 1.54) is 51.4 Å². The van der Waals surface area contributed by atoms with Crippen molar-refractivity contribution in [2.75, 3.05) is 6.61 Å². The van der Waals surface area contributed by atoms with Crippen molar-refractivity contribution in [3.8, 4) is 5.75 Å². The maximum Gasteiger partial charge on any atom is 0.310 e. The average molecular weight is 371 g/mol. The minimum atomic E-state index is -0.820. The molecule has 1 atom stereocenters. The Labute approximate surface area is 163 Å². The Morgan fingerprint density at radius 2 is 1.56 bits per heavy atom. The van der Waals surface area contributed by atoms with Gasteiger partial charge in [0.1, 0.15) is 5.75 Å². The van der Waals surface area contributed by atoms with Gasteiger partial charge in [-0.25, -0.2) is 0 Å². The lowest BCUT2D eigenvalue weighted by atomic mass is 9.94. The van der Waals surface area contributed by atoms with Crippen LogP contribution in [-0.4, -0.2) is 17.7 Å². The third-order valence-electron chi connectivity index (χ3n) is 5.24. The van der Waals surface area contributed by atoms with Gasteiger partial charge in [-0.3, -0.25) is 4.79 Å². The number of carbonyl (C=O) groups is 1. The number of hydrogen-bond donors (Lipinski definition) is 1. The lowest BCUT2D eigenvalue weighted by molar-refractivity contribution is -0.138. The molecule has 0 aliphatic carbocycles. The molecule has 0 heterocycles. The van der Waals surface area contributed by atoms with E-state index in [-0.39, 0.29) is 0 Å². The Balaban J connectivity index is 1.85. The summed E-state index contributed by atoms with van der Waals surface area (Å²) < 4.78 is 6.01. The fraction of sp³-hybridized carbons (Fsp3) is 0.542. The predicted octanol–water partition coefficient (Wildman–Crippen LogP) is 6.94. The zero-order valence-electron chi connectivity index (χ0n) is 16.9. The summed E-state index contributed by atoms with van der Waals surface area (Å²) in [5, 5.41) is 11.5. The molecule has 0 amide bonds. The molecule has 1 N–H and O–H groups in total. The molecule has 27 heavy (non-hydrogen) atoms. The Morgan fingerprint density at radius 3 is 2.22 bits per heavy atom. The molecule has 0 radical (unpaired) electrons. The van der Waals surface area contributed by atoms with Crippen LogP contribution in [0.3, 0.4) is 0 Å². The molecule has 2 aromatic rings. The molecule has 0 spiro atoms. The predicted molar refractivity (Wildman–Crippen MR) is 113 cm³/mol. The van der Waals surface area contributed by atoms with E-state index in [0.717, 1.165) is 22.8 Å². The molecule has 0 saturated heterocycles. The number of benzene rings is 2. The molecule has 2 aromatic carbocycles. The molecular formula is C24H34O3. The van der Waals surface area contributed by atoms with E-state index in [4.69, 9.17) is 4.74 Å². The minimum Gasteiger partial charge on any atom is -0.493 e. The number of hydrogen-bond acceptors (Lipinski definition) is 2. The van der Waals surface area contributed by atoms with Gasteiger partial charge in [0, 0.05) is 5.56 Å². The molecule has 0 saturated carbocycles. The smallest absolute Gasteiger partial charge is 0.310 e. The summed E-state index contributed by atoms with van der Waals surface area (Å²) in [6.07, 6.45) is 11.5. The van der Waals surface area contributed by atoms with E-state index in [1.807, 2.05) is 36.4 Å². The second-order valence-electron chi connectivity index (χ2n) is 7.44. The van der Waals surface area contributed by atoms with Gasteiger partial charge >= 0.3 is 5.97 Å². The highest BCUT2D eigenvalue weighted by atomic mass is 16.5. The van der Waals surface area contributed by atoms with Gasteiger partial charge in [0.15, 0.2) is 0 Å². The van der Waals surface area contributed by atoms with Gasteiger partial charge in [-0.1, -0.05) is 88.6 Å². The van der Waals surface area contributed by atoms with Crippen LogP contribution in [0, 0.1) is 0 Å². The van der Waals surface area contributed by atoms with Crippen LogP contribution >= 0.6 is 0 Å². The Morgan fingerprint density at radius 1 is 0.926 bits per heavy atom. The van der Waals surface area contributed by atoms with Crippen molar-refractivity contribution in [1.82, 2.24) is 0 Å². The molecule has 3 heteroatoms. The third kappa shape index (κ3) is 6.57. The molecular weight excluding hydrogens is 336 g/mol. The number of aliphatic carboxylic acids is 1. The SMILES string of the molecule is CCCCCCCCCCCOc1ccc2ccccc2c1C(C)C(=O)O. The first kappa shape index (κ1) is 21.3. The number of ether oxygens (including phenoxy) is 1. The van der Waals surface area contributed by atoms with E-state index in [0.29, 0.717) is 12.4 Å². The summed E-state index contributed by atoms with van der Waals surface area (Å²) in [4.78, 5) is 11.6. The van der Waals surface area contributed by atoms with E-state index < -0.39 is 11.9 Å². The van der Waals surface area contributed by atoms with E-state index in [9.17, 15) is 9.90 Å². The quantitative estimate of drug-likeness (QED) is 0.389. The zero-order valence-corrected chi connectivity index (χ0v) is 16.9. The van der Waals surface area contributed by atoms with Gasteiger partial charge < -0.3 is 9.84 Å². The first-order valence-electron chi connectivity index (χ1n) is 10.5. The van der Waals surface area contributed by atoms with Crippen LogP contribution in [0.25, 0.3) is 10.8 Å². The van der Waals surface area contributed by atoms with Crippen LogP contribution in [0.15, 0.2) is 36.4 Å². The van der Waals surface area contributed by atoms with Crippen LogP contribution in [0.5, 0.6) is 5.75 Å². The van der Waals surface area contributed by atoms with Crippen molar-refractivity contribution in [3.63, 3.8) is 0 Å². The lowest BCUT2D eigenvalue weighted by Gasteiger charge is -2.17. The highest BCUT2D eigenvalue weighted by Gasteiger charge is 2.21. The summed E-state index contributed by atoms with van der Waals surface area (Å²) in [5.74, 6) is -0.698. The van der Waals surface area contributed by atoms with E-state index in [1.54, 1.807) is 6.92 Å². The zero-order chi connectivity index (χ0) is 19.5. The van der Waals surface area contributed by atoms with Gasteiger partial charge in [-0.2, -0.15) is 0 Å². The van der Waals surface area contributed by atoms with Crippen molar-refractivity contribution in [2.24, 2.45) is 0 Å². The van der Waals surface area contributed by atoms with Crippen molar-refractivity contribution >= 4 is 16.7 Å². The van der Waals surface area contributed by atoms with E-state index >= 15 is 0 Å². The van der Waals surface area contributed by atoms with Gasteiger partial charge in [-0.15, -0.1) is 0 Å². The summed E-state index contributed by atoms with van der Waals surface area (Å²) in [7, 11) is 0. The number of rotatable bonds is 13. The summed E-state index contributed by atoms with van der Waals surface area (Å²) in [5.41, 5.74) is 0.788. The van der Waals surface area contributed by atoms with Gasteiger partial charge in [0.25, 0.3) is 0 Å². The fourth-order valence-corrected chi connectivity index (χ4v) is 3.57. The Hall–Kier alpha value is -2.03. The first-order valence-corrected chi connectivity index (χ1v) is 10.5. The summed E-state index contributed by atoms with van der Waals surface area (Å²) >= 11 is 0. The van der Waals surface area contributed by atoms with Gasteiger partial charge in [-0.05, 0) is 30.2 Å². The lowest BCUT2D eigenvalue weighted by Crippen LogP contribution is -2.11. The number of carboxylic acids is 1. The van der Waals surface area contributed by atoms with Crippen LogP contribution in [0.1, 0.15) is 83.1 Å². The number of unbranched alkanes of at least 4 members (excludes halogenated alkanes) is 8. The average Bonchev–Trinajstić information content (AvgIpc) is 2.68. The van der Waals surface area contributed by atoms with Crippen LogP contribution < -0.4 is 4.74 Å². The molecule has 0 aromatic heterocycles. The van der Waals surface area contributed by atoms with Crippen molar-refractivity contribution in [1.29, 1.82) is 0 Å².